The summed E-state index contributed by atoms with van der Waals surface area (Å²) in [6, 6.07) is 10.3. The van der Waals surface area contributed by atoms with Crippen LogP contribution in [-0.2, 0) is 11.8 Å². The number of amides is 1. The molecule has 0 aliphatic carbocycles. The Morgan fingerprint density at radius 3 is 2.73 bits per heavy atom. The number of rotatable bonds is 5. The Morgan fingerprint density at radius 2 is 2.08 bits per heavy atom. The van der Waals surface area contributed by atoms with Crippen LogP contribution >= 0.6 is 11.8 Å². The summed E-state index contributed by atoms with van der Waals surface area (Å²) in [4.78, 5) is 30.6. The van der Waals surface area contributed by atoms with Gasteiger partial charge in [-0.1, -0.05) is 18.2 Å². The zero-order valence-corrected chi connectivity index (χ0v) is 14.9. The lowest BCUT2D eigenvalue weighted by Crippen LogP contribution is -2.29. The number of carboxylic acid groups (broad SMARTS) is 1. The number of hydrogen-bond acceptors (Lipinski definition) is 4. The first-order chi connectivity index (χ1) is 12.5. The highest BCUT2D eigenvalue weighted by atomic mass is 32.2. The lowest BCUT2D eigenvalue weighted by Gasteiger charge is -2.13. The predicted molar refractivity (Wildman–Crippen MR) is 103 cm³/mol. The highest BCUT2D eigenvalue weighted by Gasteiger charge is 2.33. The maximum atomic E-state index is 12.7. The van der Waals surface area contributed by atoms with Gasteiger partial charge in [-0.25, -0.2) is 9.79 Å². The number of aromatic carboxylic acids is 1. The molecule has 0 saturated carbocycles. The molecule has 26 heavy (non-hydrogen) atoms. The number of amidine groups is 1. The maximum absolute atomic E-state index is 12.7. The Hall–Kier alpha value is -3.06. The van der Waals surface area contributed by atoms with E-state index < -0.39 is 5.97 Å². The van der Waals surface area contributed by atoms with Crippen molar-refractivity contribution in [3.8, 4) is 0 Å². The fourth-order valence-electron chi connectivity index (χ4n) is 2.50. The van der Waals surface area contributed by atoms with Crippen LogP contribution < -0.4 is 0 Å². The molecule has 3 rings (SSSR count). The number of carboxylic acids is 1. The van der Waals surface area contributed by atoms with Crippen molar-refractivity contribution >= 4 is 40.6 Å². The van der Waals surface area contributed by atoms with Gasteiger partial charge in [0.05, 0.1) is 16.2 Å². The van der Waals surface area contributed by atoms with Gasteiger partial charge in [-0.3, -0.25) is 9.69 Å². The smallest absolute Gasteiger partial charge is 0.337 e. The SMILES string of the molecule is C=CCN1C(=O)/C(=C/c2cccn2C)SC1=Nc1ccccc1C(=O)O. The van der Waals surface area contributed by atoms with E-state index in [9.17, 15) is 14.7 Å². The van der Waals surface area contributed by atoms with Crippen molar-refractivity contribution in [2.45, 2.75) is 0 Å². The van der Waals surface area contributed by atoms with E-state index in [0.717, 1.165) is 5.69 Å². The average molecular weight is 367 g/mol. The number of aliphatic imine (C=N–C) groups is 1. The Balaban J connectivity index is 2.02. The van der Waals surface area contributed by atoms with Crippen molar-refractivity contribution < 1.29 is 14.7 Å². The van der Waals surface area contributed by atoms with Gasteiger partial charge in [-0.05, 0) is 42.1 Å². The van der Waals surface area contributed by atoms with E-state index in [4.69, 9.17) is 0 Å². The van der Waals surface area contributed by atoms with Crippen LogP contribution in [0, 0.1) is 0 Å². The Morgan fingerprint density at radius 1 is 1.31 bits per heavy atom. The minimum atomic E-state index is -1.06. The molecule has 7 heteroatoms. The monoisotopic (exact) mass is 367 g/mol. The molecule has 132 valence electrons. The second kappa shape index (κ2) is 7.45. The lowest BCUT2D eigenvalue weighted by atomic mass is 10.2. The molecule has 6 nitrogen and oxygen atoms in total. The Kier molecular flexibility index (Phi) is 5.09. The van der Waals surface area contributed by atoms with Gasteiger partial charge in [0.15, 0.2) is 5.17 Å². The molecule has 1 fully saturated rings. The summed E-state index contributed by atoms with van der Waals surface area (Å²) in [5.41, 5.74) is 1.29. The van der Waals surface area contributed by atoms with E-state index >= 15 is 0 Å². The lowest BCUT2D eigenvalue weighted by molar-refractivity contribution is -0.121. The summed E-state index contributed by atoms with van der Waals surface area (Å²) in [5.74, 6) is -1.24. The van der Waals surface area contributed by atoms with Crippen LogP contribution in [0.1, 0.15) is 16.1 Å². The van der Waals surface area contributed by atoms with Crippen molar-refractivity contribution in [2.75, 3.05) is 6.54 Å². The van der Waals surface area contributed by atoms with Crippen LogP contribution in [-0.4, -0.2) is 38.2 Å². The molecule has 0 spiro atoms. The normalized spacial score (nSPS) is 17.3. The molecule has 0 radical (unpaired) electrons. The van der Waals surface area contributed by atoms with E-state index in [0.29, 0.717) is 22.3 Å². The highest BCUT2D eigenvalue weighted by Crippen LogP contribution is 2.34. The summed E-state index contributed by atoms with van der Waals surface area (Å²) < 4.78 is 1.91. The van der Waals surface area contributed by atoms with Gasteiger partial charge < -0.3 is 9.67 Å². The second-order valence-corrected chi connectivity index (χ2v) is 6.58. The van der Waals surface area contributed by atoms with Gasteiger partial charge in [-0.15, -0.1) is 6.58 Å². The van der Waals surface area contributed by atoms with E-state index in [2.05, 4.69) is 11.6 Å². The Labute approximate surface area is 155 Å². The fraction of sp³-hybridized carbons (Fsp3) is 0.105. The summed E-state index contributed by atoms with van der Waals surface area (Å²) in [6.07, 6.45) is 5.31. The van der Waals surface area contributed by atoms with Gasteiger partial charge in [0.1, 0.15) is 0 Å². The first-order valence-corrected chi connectivity index (χ1v) is 8.67. The quantitative estimate of drug-likeness (QED) is 0.648. The van der Waals surface area contributed by atoms with Crippen molar-refractivity contribution in [2.24, 2.45) is 12.0 Å². The molecule has 1 aliphatic heterocycles. The molecule has 1 saturated heterocycles. The van der Waals surface area contributed by atoms with Gasteiger partial charge in [0, 0.05) is 25.5 Å². The molecule has 1 N–H and O–H groups in total. The Bertz CT molecular complexity index is 943. The third kappa shape index (κ3) is 3.48. The fourth-order valence-corrected chi connectivity index (χ4v) is 3.48. The van der Waals surface area contributed by atoms with Crippen molar-refractivity contribution in [1.82, 2.24) is 9.47 Å². The predicted octanol–water partition coefficient (Wildman–Crippen LogP) is 3.51. The van der Waals surface area contributed by atoms with Gasteiger partial charge in [-0.2, -0.15) is 0 Å². The molecule has 0 unspecified atom stereocenters. The van der Waals surface area contributed by atoms with Gasteiger partial charge in [0.2, 0.25) is 0 Å². The molecular weight excluding hydrogens is 350 g/mol. The molecule has 2 aromatic rings. The van der Waals surface area contributed by atoms with Crippen molar-refractivity contribution in [3.05, 3.63) is 71.4 Å². The highest BCUT2D eigenvalue weighted by molar-refractivity contribution is 8.18. The standard InChI is InChI=1S/C19H17N3O3S/c1-3-10-22-17(23)16(12-13-7-6-11-21(13)2)26-19(22)20-15-9-5-4-8-14(15)18(24)25/h3-9,11-12H,1,10H2,2H3,(H,24,25)/b16-12-,20-19?. The first kappa shape index (κ1) is 17.8. The van der Waals surface area contributed by atoms with Gasteiger partial charge >= 0.3 is 5.97 Å². The third-order valence-electron chi connectivity index (χ3n) is 3.81. The number of aromatic nitrogens is 1. The summed E-state index contributed by atoms with van der Waals surface area (Å²) >= 11 is 1.22. The first-order valence-electron chi connectivity index (χ1n) is 7.86. The second-order valence-electron chi connectivity index (χ2n) is 5.58. The van der Waals surface area contributed by atoms with Crippen molar-refractivity contribution in [1.29, 1.82) is 0 Å². The molecular formula is C19H17N3O3S. The molecule has 1 aliphatic rings. The van der Waals surface area contributed by atoms with E-state index in [-0.39, 0.29) is 11.5 Å². The topological polar surface area (TPSA) is 74.9 Å². The maximum Gasteiger partial charge on any atom is 0.337 e. The number of benzene rings is 1. The number of hydrogen-bond donors (Lipinski definition) is 1. The van der Waals surface area contributed by atoms with E-state index in [1.807, 2.05) is 29.9 Å². The van der Waals surface area contributed by atoms with Crippen LogP contribution in [0.4, 0.5) is 5.69 Å². The minimum absolute atomic E-state index is 0.0893. The zero-order chi connectivity index (χ0) is 18.7. The molecule has 0 atom stereocenters. The van der Waals surface area contributed by atoms with E-state index in [1.54, 1.807) is 30.4 Å². The van der Waals surface area contributed by atoms with Crippen LogP contribution in [0.2, 0.25) is 0 Å². The van der Waals surface area contributed by atoms with Crippen LogP contribution in [0.3, 0.4) is 0 Å². The van der Waals surface area contributed by atoms with Crippen LogP contribution in [0.5, 0.6) is 0 Å². The molecule has 1 amide bonds. The molecule has 1 aromatic carbocycles. The zero-order valence-electron chi connectivity index (χ0n) is 14.1. The van der Waals surface area contributed by atoms with E-state index in [1.165, 1.54) is 22.7 Å². The summed E-state index contributed by atoms with van der Waals surface area (Å²) in [5, 5.41) is 9.76. The third-order valence-corrected chi connectivity index (χ3v) is 4.82. The molecule has 1 aromatic heterocycles. The molecule has 0 bridgehead atoms. The average Bonchev–Trinajstić information content (AvgIpc) is 3.14. The number of nitrogens with zero attached hydrogens (tertiary/aromatic N) is 3. The number of thioether (sulfide) groups is 1. The summed E-state index contributed by atoms with van der Waals surface area (Å²) in [6.45, 7) is 3.98. The number of carbonyl (C=O) groups excluding carboxylic acids is 1. The molecule has 2 heterocycles. The number of para-hydroxylation sites is 1. The van der Waals surface area contributed by atoms with Crippen molar-refractivity contribution in [3.63, 3.8) is 0 Å². The minimum Gasteiger partial charge on any atom is -0.478 e. The van der Waals surface area contributed by atoms with Gasteiger partial charge in [0.25, 0.3) is 5.91 Å². The summed E-state index contributed by atoms with van der Waals surface area (Å²) in [7, 11) is 1.90. The number of carbonyl (C=O) groups is 2. The van der Waals surface area contributed by atoms with Crippen LogP contribution in [0.15, 0.2) is 65.1 Å². The largest absolute Gasteiger partial charge is 0.478 e. The number of aryl methyl sites for hydroxylation is 1. The van der Waals surface area contributed by atoms with Crippen LogP contribution in [0.25, 0.3) is 6.08 Å².